The molecular formula is C17H16F3N5O3S. The van der Waals surface area contributed by atoms with Gasteiger partial charge >= 0.3 is 6.18 Å². The lowest BCUT2D eigenvalue weighted by atomic mass is 10.2. The number of thioether (sulfide) groups is 1. The SMILES string of the molecule is Cn1cnnc1SCCNC(=O)c1cc(COc2cccc(C(F)(F)F)c2)on1. The highest BCUT2D eigenvalue weighted by molar-refractivity contribution is 7.99. The number of hydrogen-bond donors (Lipinski definition) is 1. The van der Waals surface area contributed by atoms with E-state index >= 15 is 0 Å². The summed E-state index contributed by atoms with van der Waals surface area (Å²) >= 11 is 1.44. The fourth-order valence-electron chi connectivity index (χ4n) is 2.21. The van der Waals surface area contributed by atoms with E-state index in [0.29, 0.717) is 12.3 Å². The second-order valence-corrected chi connectivity index (χ2v) is 6.88. The number of ether oxygens (including phenoxy) is 1. The molecule has 0 aliphatic rings. The molecule has 29 heavy (non-hydrogen) atoms. The van der Waals surface area contributed by atoms with Gasteiger partial charge < -0.3 is 19.1 Å². The summed E-state index contributed by atoms with van der Waals surface area (Å²) < 4.78 is 50.2. The number of aromatic nitrogens is 4. The number of benzene rings is 1. The van der Waals surface area contributed by atoms with Crippen LogP contribution < -0.4 is 10.1 Å². The first-order chi connectivity index (χ1) is 13.8. The fraction of sp³-hybridized carbons (Fsp3) is 0.294. The number of halogens is 3. The van der Waals surface area contributed by atoms with Gasteiger partial charge in [0.15, 0.2) is 16.6 Å². The summed E-state index contributed by atoms with van der Waals surface area (Å²) in [6.45, 7) is 0.211. The zero-order valence-corrected chi connectivity index (χ0v) is 16.0. The van der Waals surface area contributed by atoms with E-state index in [2.05, 4.69) is 20.7 Å². The zero-order valence-electron chi connectivity index (χ0n) is 15.1. The van der Waals surface area contributed by atoms with Crippen molar-refractivity contribution in [3.05, 3.63) is 53.7 Å². The Morgan fingerprint density at radius 3 is 2.90 bits per heavy atom. The molecule has 0 aliphatic heterocycles. The van der Waals surface area contributed by atoms with E-state index in [1.807, 2.05) is 7.05 Å². The highest BCUT2D eigenvalue weighted by atomic mass is 32.2. The quantitative estimate of drug-likeness (QED) is 0.436. The molecule has 1 aromatic carbocycles. The maximum absolute atomic E-state index is 12.7. The molecule has 0 spiro atoms. The van der Waals surface area contributed by atoms with Crippen LogP contribution in [0.5, 0.6) is 5.75 Å². The molecule has 0 saturated carbocycles. The van der Waals surface area contributed by atoms with Crippen molar-refractivity contribution in [3.8, 4) is 5.75 Å². The molecule has 3 rings (SSSR count). The Hall–Kier alpha value is -3.02. The minimum Gasteiger partial charge on any atom is -0.486 e. The maximum atomic E-state index is 12.7. The lowest BCUT2D eigenvalue weighted by molar-refractivity contribution is -0.137. The van der Waals surface area contributed by atoms with Crippen LogP contribution in [-0.2, 0) is 19.8 Å². The van der Waals surface area contributed by atoms with Crippen LogP contribution in [0.4, 0.5) is 13.2 Å². The first-order valence-corrected chi connectivity index (χ1v) is 9.32. The number of rotatable bonds is 8. The Bertz CT molecular complexity index is 973. The summed E-state index contributed by atoms with van der Waals surface area (Å²) in [5.41, 5.74) is -0.761. The molecule has 1 amide bonds. The van der Waals surface area contributed by atoms with Crippen molar-refractivity contribution in [2.24, 2.45) is 7.05 Å². The van der Waals surface area contributed by atoms with Gasteiger partial charge in [0.1, 0.15) is 18.7 Å². The van der Waals surface area contributed by atoms with Gasteiger partial charge in [0.25, 0.3) is 5.91 Å². The summed E-state index contributed by atoms with van der Waals surface area (Å²) in [6, 6.07) is 5.86. The third-order valence-electron chi connectivity index (χ3n) is 3.62. The van der Waals surface area contributed by atoms with Gasteiger partial charge in [0, 0.05) is 25.4 Å². The predicted molar refractivity (Wildman–Crippen MR) is 96.3 cm³/mol. The van der Waals surface area contributed by atoms with Gasteiger partial charge in [-0.3, -0.25) is 4.79 Å². The van der Waals surface area contributed by atoms with Crippen LogP contribution in [0.3, 0.4) is 0 Å². The summed E-state index contributed by atoms with van der Waals surface area (Å²) in [5, 5.41) is 14.7. The number of nitrogens with zero attached hydrogens (tertiary/aromatic N) is 4. The predicted octanol–water partition coefficient (Wildman–Crippen LogP) is 2.92. The van der Waals surface area contributed by atoms with Crippen LogP contribution >= 0.6 is 11.8 Å². The van der Waals surface area contributed by atoms with Crippen molar-refractivity contribution < 1.29 is 27.2 Å². The van der Waals surface area contributed by atoms with E-state index < -0.39 is 17.6 Å². The molecular weight excluding hydrogens is 411 g/mol. The Labute approximate surface area is 167 Å². The molecule has 0 aliphatic carbocycles. The number of aryl methyl sites for hydroxylation is 1. The summed E-state index contributed by atoms with van der Waals surface area (Å²) in [4.78, 5) is 12.1. The normalized spacial score (nSPS) is 11.4. The molecule has 8 nitrogen and oxygen atoms in total. The number of nitrogens with one attached hydrogen (secondary N) is 1. The minimum atomic E-state index is -4.46. The number of carbonyl (C=O) groups excluding carboxylic acids is 1. The zero-order chi connectivity index (χ0) is 20.9. The third-order valence-corrected chi connectivity index (χ3v) is 4.66. The lowest BCUT2D eigenvalue weighted by Crippen LogP contribution is -2.26. The summed E-state index contributed by atoms with van der Waals surface area (Å²) in [7, 11) is 1.82. The molecule has 0 fully saturated rings. The monoisotopic (exact) mass is 427 g/mol. The molecule has 0 saturated heterocycles. The van der Waals surface area contributed by atoms with Crippen LogP contribution in [0, 0.1) is 0 Å². The minimum absolute atomic E-state index is 0.0306. The van der Waals surface area contributed by atoms with Crippen molar-refractivity contribution in [1.29, 1.82) is 0 Å². The molecule has 0 atom stereocenters. The first kappa shape index (κ1) is 20.7. The molecule has 12 heteroatoms. The van der Waals surface area contributed by atoms with Crippen LogP contribution in [-0.4, -0.2) is 38.1 Å². The van der Waals surface area contributed by atoms with Crippen LogP contribution in [0.1, 0.15) is 21.8 Å². The van der Waals surface area contributed by atoms with E-state index in [9.17, 15) is 18.0 Å². The van der Waals surface area contributed by atoms with Crippen molar-refractivity contribution in [1.82, 2.24) is 25.2 Å². The van der Waals surface area contributed by atoms with E-state index in [0.717, 1.165) is 17.3 Å². The Morgan fingerprint density at radius 2 is 2.17 bits per heavy atom. The number of amides is 1. The molecule has 2 aromatic heterocycles. The van der Waals surface area contributed by atoms with Crippen LogP contribution in [0.25, 0.3) is 0 Å². The van der Waals surface area contributed by atoms with Gasteiger partial charge in [-0.25, -0.2) is 0 Å². The van der Waals surface area contributed by atoms with Crippen molar-refractivity contribution in [2.75, 3.05) is 12.3 Å². The average Bonchev–Trinajstić information content (AvgIpc) is 3.32. The van der Waals surface area contributed by atoms with Crippen molar-refractivity contribution in [2.45, 2.75) is 17.9 Å². The molecule has 3 aromatic rings. The average molecular weight is 427 g/mol. The van der Waals surface area contributed by atoms with E-state index in [4.69, 9.17) is 9.26 Å². The van der Waals surface area contributed by atoms with Gasteiger partial charge in [-0.05, 0) is 18.2 Å². The summed E-state index contributed by atoms with van der Waals surface area (Å²) in [5.74, 6) is 0.392. The molecule has 2 heterocycles. The van der Waals surface area contributed by atoms with E-state index in [1.165, 1.54) is 30.0 Å². The summed E-state index contributed by atoms with van der Waals surface area (Å²) in [6.07, 6.45) is -2.87. The topological polar surface area (TPSA) is 95.1 Å². The first-order valence-electron chi connectivity index (χ1n) is 8.33. The smallest absolute Gasteiger partial charge is 0.416 e. The van der Waals surface area contributed by atoms with Crippen LogP contribution in [0.2, 0.25) is 0 Å². The number of carbonyl (C=O) groups is 1. The van der Waals surface area contributed by atoms with Crippen molar-refractivity contribution in [3.63, 3.8) is 0 Å². The third kappa shape index (κ3) is 5.73. The maximum Gasteiger partial charge on any atom is 0.416 e. The van der Waals surface area contributed by atoms with Gasteiger partial charge in [0.2, 0.25) is 0 Å². The van der Waals surface area contributed by atoms with Gasteiger partial charge in [-0.2, -0.15) is 13.2 Å². The molecule has 0 unspecified atom stereocenters. The highest BCUT2D eigenvalue weighted by Gasteiger charge is 2.30. The standard InChI is InChI=1S/C17H16F3N5O3S/c1-25-10-22-23-16(25)29-6-5-21-15(26)14-8-13(28-24-14)9-27-12-4-2-3-11(7-12)17(18,19)20/h2-4,7-8,10H,5-6,9H2,1H3,(H,21,26). The highest BCUT2D eigenvalue weighted by Crippen LogP contribution is 2.31. The Balaban J connectivity index is 1.46. The molecule has 0 bridgehead atoms. The van der Waals surface area contributed by atoms with Gasteiger partial charge in [-0.1, -0.05) is 23.0 Å². The number of alkyl halides is 3. The van der Waals surface area contributed by atoms with Crippen molar-refractivity contribution >= 4 is 17.7 Å². The van der Waals surface area contributed by atoms with Crippen LogP contribution in [0.15, 0.2) is 46.3 Å². The fourth-order valence-corrected chi connectivity index (χ4v) is 2.95. The van der Waals surface area contributed by atoms with Gasteiger partial charge in [-0.15, -0.1) is 10.2 Å². The Morgan fingerprint density at radius 1 is 1.34 bits per heavy atom. The largest absolute Gasteiger partial charge is 0.486 e. The number of hydrogen-bond acceptors (Lipinski definition) is 7. The molecule has 0 radical (unpaired) electrons. The Kier molecular flexibility index (Phi) is 6.42. The second kappa shape index (κ2) is 8.99. The van der Waals surface area contributed by atoms with E-state index in [1.54, 1.807) is 10.9 Å². The lowest BCUT2D eigenvalue weighted by Gasteiger charge is -2.09. The molecule has 154 valence electrons. The van der Waals surface area contributed by atoms with E-state index in [-0.39, 0.29) is 23.8 Å². The molecule has 1 N–H and O–H groups in total. The second-order valence-electron chi connectivity index (χ2n) is 5.82. The van der Waals surface area contributed by atoms with Gasteiger partial charge in [0.05, 0.1) is 5.56 Å².